The SMILES string of the molecule is C#CC(OCC)C1C=CC=C1. The Kier molecular flexibility index (Phi) is 2.95. The summed E-state index contributed by atoms with van der Waals surface area (Å²) in [6.45, 7) is 2.62. The van der Waals surface area contributed by atoms with Gasteiger partial charge in [0, 0.05) is 12.5 Å². The third-order valence-corrected chi connectivity index (χ3v) is 1.64. The summed E-state index contributed by atoms with van der Waals surface area (Å²) < 4.78 is 5.34. The molecule has 0 fully saturated rings. The molecule has 0 heterocycles. The average Bonchev–Trinajstić information content (AvgIpc) is 2.52. The predicted octanol–water partition coefficient (Wildman–Crippen LogP) is 1.77. The molecule has 0 aromatic rings. The van der Waals surface area contributed by atoms with Crippen molar-refractivity contribution in [2.45, 2.75) is 13.0 Å². The molecule has 1 rings (SSSR count). The molecular formula is C10H12O. The molecule has 0 aromatic heterocycles. The van der Waals surface area contributed by atoms with Crippen molar-refractivity contribution >= 4 is 0 Å². The molecule has 1 aliphatic carbocycles. The maximum Gasteiger partial charge on any atom is 0.127 e. The van der Waals surface area contributed by atoms with Gasteiger partial charge in [-0.1, -0.05) is 30.2 Å². The van der Waals surface area contributed by atoms with Crippen LogP contribution >= 0.6 is 0 Å². The number of terminal acetylenes is 1. The fourth-order valence-corrected chi connectivity index (χ4v) is 1.10. The summed E-state index contributed by atoms with van der Waals surface area (Å²) in [4.78, 5) is 0. The summed E-state index contributed by atoms with van der Waals surface area (Å²) in [5, 5.41) is 0. The molecule has 0 aliphatic heterocycles. The van der Waals surface area contributed by atoms with Crippen LogP contribution in [0.15, 0.2) is 24.3 Å². The third kappa shape index (κ3) is 1.96. The van der Waals surface area contributed by atoms with Crippen molar-refractivity contribution in [3.63, 3.8) is 0 Å². The first-order chi connectivity index (χ1) is 5.38. The minimum atomic E-state index is -0.0880. The van der Waals surface area contributed by atoms with E-state index >= 15 is 0 Å². The van der Waals surface area contributed by atoms with Gasteiger partial charge in [-0.3, -0.25) is 0 Å². The van der Waals surface area contributed by atoms with Gasteiger partial charge in [-0.15, -0.1) is 6.42 Å². The fourth-order valence-electron chi connectivity index (χ4n) is 1.10. The quantitative estimate of drug-likeness (QED) is 0.554. The summed E-state index contributed by atoms with van der Waals surface area (Å²) in [5.41, 5.74) is 0. The molecule has 1 heteroatoms. The van der Waals surface area contributed by atoms with Crippen LogP contribution in [0.4, 0.5) is 0 Å². The molecule has 0 aromatic carbocycles. The number of allylic oxidation sites excluding steroid dienone is 2. The van der Waals surface area contributed by atoms with Crippen LogP contribution in [0.3, 0.4) is 0 Å². The molecule has 0 N–H and O–H groups in total. The summed E-state index contributed by atoms with van der Waals surface area (Å²) in [6, 6.07) is 0. The maximum absolute atomic E-state index is 5.34. The van der Waals surface area contributed by atoms with Gasteiger partial charge in [0.15, 0.2) is 0 Å². The summed E-state index contributed by atoms with van der Waals surface area (Å²) in [5.74, 6) is 2.90. The molecule has 0 spiro atoms. The van der Waals surface area contributed by atoms with E-state index in [-0.39, 0.29) is 12.0 Å². The second kappa shape index (κ2) is 4.00. The van der Waals surface area contributed by atoms with E-state index in [0.717, 1.165) is 0 Å². The largest absolute Gasteiger partial charge is 0.365 e. The van der Waals surface area contributed by atoms with Crippen LogP contribution in [0.25, 0.3) is 0 Å². The Balaban J connectivity index is 2.49. The minimum Gasteiger partial charge on any atom is -0.365 e. The molecule has 1 aliphatic rings. The molecular weight excluding hydrogens is 136 g/mol. The van der Waals surface area contributed by atoms with E-state index in [4.69, 9.17) is 11.2 Å². The van der Waals surface area contributed by atoms with Gasteiger partial charge in [0.05, 0.1) is 0 Å². The average molecular weight is 148 g/mol. The van der Waals surface area contributed by atoms with E-state index in [0.29, 0.717) is 6.61 Å². The highest BCUT2D eigenvalue weighted by Crippen LogP contribution is 2.15. The van der Waals surface area contributed by atoms with Gasteiger partial charge in [-0.25, -0.2) is 0 Å². The zero-order valence-corrected chi connectivity index (χ0v) is 6.66. The van der Waals surface area contributed by atoms with E-state index in [2.05, 4.69) is 18.1 Å². The van der Waals surface area contributed by atoms with Crippen LogP contribution in [0.2, 0.25) is 0 Å². The van der Waals surface area contributed by atoms with Crippen molar-refractivity contribution < 1.29 is 4.74 Å². The maximum atomic E-state index is 5.34. The zero-order valence-electron chi connectivity index (χ0n) is 6.66. The molecule has 0 bridgehead atoms. The van der Waals surface area contributed by atoms with Crippen LogP contribution in [-0.4, -0.2) is 12.7 Å². The van der Waals surface area contributed by atoms with Gasteiger partial charge >= 0.3 is 0 Å². The second-order valence-corrected chi connectivity index (χ2v) is 2.39. The highest BCUT2D eigenvalue weighted by atomic mass is 16.5. The first kappa shape index (κ1) is 8.10. The topological polar surface area (TPSA) is 9.23 Å². The van der Waals surface area contributed by atoms with E-state index < -0.39 is 0 Å². The fraction of sp³-hybridized carbons (Fsp3) is 0.400. The molecule has 0 saturated carbocycles. The van der Waals surface area contributed by atoms with E-state index in [1.165, 1.54) is 0 Å². The lowest BCUT2D eigenvalue weighted by Gasteiger charge is -2.14. The van der Waals surface area contributed by atoms with Crippen LogP contribution in [0, 0.1) is 18.3 Å². The van der Waals surface area contributed by atoms with Crippen molar-refractivity contribution in [3.05, 3.63) is 24.3 Å². The highest BCUT2D eigenvalue weighted by Gasteiger charge is 2.15. The first-order valence-electron chi connectivity index (χ1n) is 3.81. The standard InChI is InChI=1S/C10H12O/c1-3-10(11-4-2)9-7-5-6-8-9/h1,5-10H,4H2,2H3. The number of rotatable bonds is 3. The molecule has 0 saturated heterocycles. The molecule has 11 heavy (non-hydrogen) atoms. The first-order valence-corrected chi connectivity index (χ1v) is 3.81. The van der Waals surface area contributed by atoms with Crippen molar-refractivity contribution in [1.82, 2.24) is 0 Å². The van der Waals surface area contributed by atoms with Gasteiger partial charge in [0.2, 0.25) is 0 Å². The van der Waals surface area contributed by atoms with E-state index in [1.54, 1.807) is 0 Å². The van der Waals surface area contributed by atoms with Gasteiger partial charge < -0.3 is 4.74 Å². The van der Waals surface area contributed by atoms with Gasteiger partial charge in [0.25, 0.3) is 0 Å². The molecule has 1 atom stereocenters. The van der Waals surface area contributed by atoms with Gasteiger partial charge in [-0.05, 0) is 6.92 Å². The lowest BCUT2D eigenvalue weighted by molar-refractivity contribution is 0.0870. The van der Waals surface area contributed by atoms with Crippen molar-refractivity contribution in [2.75, 3.05) is 6.61 Å². The van der Waals surface area contributed by atoms with E-state index in [1.807, 2.05) is 19.1 Å². The van der Waals surface area contributed by atoms with Crippen LogP contribution < -0.4 is 0 Å². The number of hydrogen-bond acceptors (Lipinski definition) is 1. The molecule has 1 nitrogen and oxygen atoms in total. The number of hydrogen-bond donors (Lipinski definition) is 0. The summed E-state index contributed by atoms with van der Waals surface area (Å²) >= 11 is 0. The molecule has 0 radical (unpaired) electrons. The second-order valence-electron chi connectivity index (χ2n) is 2.39. The predicted molar refractivity (Wildman–Crippen MR) is 46.0 cm³/mol. The van der Waals surface area contributed by atoms with Gasteiger partial charge in [0.1, 0.15) is 6.10 Å². The Morgan fingerprint density at radius 1 is 1.55 bits per heavy atom. The minimum absolute atomic E-state index is 0.0880. The Labute approximate surface area is 67.8 Å². The summed E-state index contributed by atoms with van der Waals surface area (Å²) in [6.07, 6.45) is 13.3. The van der Waals surface area contributed by atoms with E-state index in [9.17, 15) is 0 Å². The molecule has 1 unspecified atom stereocenters. The Hall–Kier alpha value is -1.00. The smallest absolute Gasteiger partial charge is 0.127 e. The highest BCUT2D eigenvalue weighted by molar-refractivity contribution is 5.22. The van der Waals surface area contributed by atoms with Crippen LogP contribution in [0.5, 0.6) is 0 Å². The summed E-state index contributed by atoms with van der Waals surface area (Å²) in [7, 11) is 0. The Morgan fingerprint density at radius 2 is 2.18 bits per heavy atom. The van der Waals surface area contributed by atoms with Gasteiger partial charge in [-0.2, -0.15) is 0 Å². The number of ether oxygens (including phenoxy) is 1. The Bertz CT molecular complexity index is 195. The zero-order chi connectivity index (χ0) is 8.10. The monoisotopic (exact) mass is 148 g/mol. The lowest BCUT2D eigenvalue weighted by atomic mass is 10.1. The Morgan fingerprint density at radius 3 is 2.64 bits per heavy atom. The van der Waals surface area contributed by atoms with Crippen molar-refractivity contribution in [1.29, 1.82) is 0 Å². The van der Waals surface area contributed by atoms with Crippen molar-refractivity contribution in [2.24, 2.45) is 5.92 Å². The normalized spacial score (nSPS) is 18.5. The third-order valence-electron chi connectivity index (χ3n) is 1.64. The lowest BCUT2D eigenvalue weighted by Crippen LogP contribution is -2.18. The molecule has 0 amide bonds. The van der Waals surface area contributed by atoms with Crippen LogP contribution in [-0.2, 0) is 4.74 Å². The molecule has 58 valence electrons. The van der Waals surface area contributed by atoms with Crippen LogP contribution in [0.1, 0.15) is 6.92 Å². The van der Waals surface area contributed by atoms with Crippen molar-refractivity contribution in [3.8, 4) is 12.3 Å².